The maximum Gasteiger partial charge on any atom is 0.490 e. The van der Waals surface area contributed by atoms with Crippen molar-refractivity contribution in [3.63, 3.8) is 0 Å². The first-order chi connectivity index (χ1) is 10.8. The van der Waals surface area contributed by atoms with Crippen molar-refractivity contribution in [1.29, 1.82) is 0 Å². The number of alkyl halides is 3. The molecule has 1 fully saturated rings. The van der Waals surface area contributed by atoms with Gasteiger partial charge in [-0.2, -0.15) is 13.2 Å². The van der Waals surface area contributed by atoms with Gasteiger partial charge in [0.1, 0.15) is 5.15 Å². The van der Waals surface area contributed by atoms with E-state index in [4.69, 9.17) is 21.5 Å². The number of halogens is 4. The van der Waals surface area contributed by atoms with E-state index in [0.29, 0.717) is 11.2 Å². The Kier molecular flexibility index (Phi) is 5.43. The van der Waals surface area contributed by atoms with E-state index in [1.165, 1.54) is 23.8 Å². The van der Waals surface area contributed by atoms with Crippen LogP contribution in [0.3, 0.4) is 0 Å². The normalized spacial score (nSPS) is 17.7. The molecule has 1 atom stereocenters. The lowest BCUT2D eigenvalue weighted by Crippen LogP contribution is -2.21. The van der Waals surface area contributed by atoms with E-state index < -0.39 is 12.1 Å². The second-order valence-electron chi connectivity index (χ2n) is 5.00. The molecule has 3 rings (SSSR count). The van der Waals surface area contributed by atoms with E-state index in [0.717, 1.165) is 12.1 Å². The molecule has 1 aliphatic heterocycles. The van der Waals surface area contributed by atoms with E-state index in [-0.39, 0.29) is 0 Å². The number of pyridine rings is 1. The van der Waals surface area contributed by atoms with Crippen molar-refractivity contribution in [2.75, 3.05) is 6.54 Å². The molecule has 0 bridgehead atoms. The highest BCUT2D eigenvalue weighted by Crippen LogP contribution is 2.30. The number of hydrogen-bond donors (Lipinski definition) is 2. The van der Waals surface area contributed by atoms with Crippen LogP contribution in [0.25, 0.3) is 10.9 Å². The van der Waals surface area contributed by atoms with Crippen LogP contribution in [-0.2, 0) is 4.79 Å². The van der Waals surface area contributed by atoms with E-state index in [1.807, 2.05) is 18.2 Å². The zero-order valence-corrected chi connectivity index (χ0v) is 12.7. The maximum atomic E-state index is 10.6. The van der Waals surface area contributed by atoms with Gasteiger partial charge in [0, 0.05) is 11.4 Å². The van der Waals surface area contributed by atoms with Crippen LogP contribution >= 0.6 is 11.6 Å². The van der Waals surface area contributed by atoms with Gasteiger partial charge in [0.05, 0.1) is 5.52 Å². The van der Waals surface area contributed by atoms with Crippen LogP contribution in [-0.4, -0.2) is 28.8 Å². The van der Waals surface area contributed by atoms with Crippen molar-refractivity contribution in [2.24, 2.45) is 0 Å². The summed E-state index contributed by atoms with van der Waals surface area (Å²) >= 11 is 6.06. The van der Waals surface area contributed by atoms with Crippen molar-refractivity contribution >= 4 is 28.5 Å². The fourth-order valence-corrected chi connectivity index (χ4v) is 2.62. The van der Waals surface area contributed by atoms with Crippen molar-refractivity contribution in [3.05, 3.63) is 41.0 Å². The Morgan fingerprint density at radius 3 is 2.57 bits per heavy atom. The van der Waals surface area contributed by atoms with Gasteiger partial charge in [-0.25, -0.2) is 9.78 Å². The third kappa shape index (κ3) is 4.56. The Balaban J connectivity index is 0.000000236. The Labute approximate surface area is 135 Å². The first-order valence-electron chi connectivity index (χ1n) is 6.87. The summed E-state index contributed by atoms with van der Waals surface area (Å²) in [5.74, 6) is -2.76. The van der Waals surface area contributed by atoms with Crippen LogP contribution in [0.5, 0.6) is 0 Å². The lowest BCUT2D eigenvalue weighted by atomic mass is 10.0. The molecule has 0 amide bonds. The molecular weight excluding hydrogens is 333 g/mol. The Morgan fingerprint density at radius 1 is 1.35 bits per heavy atom. The molecule has 0 spiro atoms. The Hall–Kier alpha value is -1.86. The van der Waals surface area contributed by atoms with Gasteiger partial charge in [-0.15, -0.1) is 0 Å². The minimum atomic E-state index is -5.08. The van der Waals surface area contributed by atoms with Gasteiger partial charge in [-0.3, -0.25) is 0 Å². The molecule has 0 radical (unpaired) electrons. The summed E-state index contributed by atoms with van der Waals surface area (Å²) < 4.78 is 31.7. The molecule has 1 saturated heterocycles. The molecule has 0 saturated carbocycles. The van der Waals surface area contributed by atoms with Gasteiger partial charge in [0.25, 0.3) is 0 Å². The van der Waals surface area contributed by atoms with Gasteiger partial charge in [0.15, 0.2) is 0 Å². The number of aromatic nitrogens is 1. The monoisotopic (exact) mass is 346 g/mol. The van der Waals surface area contributed by atoms with Crippen molar-refractivity contribution < 1.29 is 23.1 Å². The van der Waals surface area contributed by atoms with Crippen LogP contribution < -0.4 is 5.32 Å². The van der Waals surface area contributed by atoms with Gasteiger partial charge < -0.3 is 10.4 Å². The van der Waals surface area contributed by atoms with Gasteiger partial charge in [-0.05, 0) is 37.1 Å². The van der Waals surface area contributed by atoms with Crippen molar-refractivity contribution in [1.82, 2.24) is 10.3 Å². The predicted molar refractivity (Wildman–Crippen MR) is 80.4 cm³/mol. The second kappa shape index (κ2) is 7.14. The SMILES string of the molecule is Clc1cc([C@@H]2CCCN2)c2ccccc2n1.O=C(O)C(F)(F)F. The molecule has 2 N–H and O–H groups in total. The first-order valence-corrected chi connectivity index (χ1v) is 7.25. The summed E-state index contributed by atoms with van der Waals surface area (Å²) in [7, 11) is 0. The van der Waals surface area contributed by atoms with Crippen LogP contribution in [0.4, 0.5) is 13.2 Å². The van der Waals surface area contributed by atoms with E-state index in [1.54, 1.807) is 0 Å². The Bertz CT molecular complexity index is 701. The predicted octanol–water partition coefficient (Wildman–Crippen LogP) is 3.95. The summed E-state index contributed by atoms with van der Waals surface area (Å²) in [5, 5.41) is 12.4. The minimum Gasteiger partial charge on any atom is -0.475 e. The van der Waals surface area contributed by atoms with Gasteiger partial charge in [0.2, 0.25) is 0 Å². The van der Waals surface area contributed by atoms with Crippen molar-refractivity contribution in [3.8, 4) is 0 Å². The number of rotatable bonds is 1. The van der Waals surface area contributed by atoms with E-state index in [2.05, 4.69) is 22.4 Å². The average molecular weight is 347 g/mol. The lowest BCUT2D eigenvalue weighted by molar-refractivity contribution is -0.192. The topological polar surface area (TPSA) is 62.2 Å². The molecule has 1 aromatic carbocycles. The standard InChI is InChI=1S/C13H13ClN2.C2HF3O2/c14-13-8-10(11-6-3-7-15-11)9-4-1-2-5-12(9)16-13;3-2(4,5)1(6)7/h1-2,4-5,8,11,15H,3,6-7H2;(H,6,7)/t11-;/m0./s1. The van der Waals surface area contributed by atoms with Crippen molar-refractivity contribution in [2.45, 2.75) is 25.1 Å². The third-order valence-corrected chi connectivity index (χ3v) is 3.59. The van der Waals surface area contributed by atoms with Crippen LogP contribution in [0, 0.1) is 0 Å². The van der Waals surface area contributed by atoms with E-state index in [9.17, 15) is 13.2 Å². The summed E-state index contributed by atoms with van der Waals surface area (Å²) in [6.07, 6.45) is -2.66. The highest BCUT2D eigenvalue weighted by Gasteiger charge is 2.38. The minimum absolute atomic E-state index is 0.436. The third-order valence-electron chi connectivity index (χ3n) is 3.40. The zero-order chi connectivity index (χ0) is 17.0. The maximum absolute atomic E-state index is 10.6. The molecule has 4 nitrogen and oxygen atoms in total. The number of carbonyl (C=O) groups is 1. The number of fused-ring (bicyclic) bond motifs is 1. The lowest BCUT2D eigenvalue weighted by Gasteiger charge is -2.13. The molecule has 0 aliphatic carbocycles. The summed E-state index contributed by atoms with van der Waals surface area (Å²) in [5.41, 5.74) is 2.27. The number of carboxylic acid groups (broad SMARTS) is 1. The number of nitrogens with one attached hydrogen (secondary N) is 1. The number of aliphatic carboxylic acids is 1. The highest BCUT2D eigenvalue weighted by molar-refractivity contribution is 6.29. The van der Waals surface area contributed by atoms with Crippen LogP contribution in [0.15, 0.2) is 30.3 Å². The Morgan fingerprint density at radius 2 is 2.00 bits per heavy atom. The molecule has 0 unspecified atom stereocenters. The smallest absolute Gasteiger partial charge is 0.475 e. The summed E-state index contributed by atoms with van der Waals surface area (Å²) in [6.45, 7) is 1.10. The molecule has 1 aliphatic rings. The number of nitrogens with zero attached hydrogens (tertiary/aromatic N) is 1. The molecule has 1 aromatic heterocycles. The molecule has 124 valence electrons. The zero-order valence-electron chi connectivity index (χ0n) is 11.9. The molecular formula is C15H14ClF3N2O2. The summed E-state index contributed by atoms with van der Waals surface area (Å²) in [6, 6.07) is 10.6. The fourth-order valence-electron chi connectivity index (χ4n) is 2.41. The van der Waals surface area contributed by atoms with Crippen LogP contribution in [0.1, 0.15) is 24.4 Å². The highest BCUT2D eigenvalue weighted by atomic mass is 35.5. The quantitative estimate of drug-likeness (QED) is 0.768. The number of para-hydroxylation sites is 1. The van der Waals surface area contributed by atoms with Gasteiger partial charge in [-0.1, -0.05) is 29.8 Å². The number of benzene rings is 1. The van der Waals surface area contributed by atoms with Crippen LogP contribution in [0.2, 0.25) is 5.15 Å². The largest absolute Gasteiger partial charge is 0.490 e. The summed E-state index contributed by atoms with van der Waals surface area (Å²) in [4.78, 5) is 13.2. The fraction of sp³-hybridized carbons (Fsp3) is 0.333. The van der Waals surface area contributed by atoms with Gasteiger partial charge >= 0.3 is 12.1 Å². The number of carboxylic acids is 1. The second-order valence-corrected chi connectivity index (χ2v) is 5.39. The number of hydrogen-bond acceptors (Lipinski definition) is 3. The molecule has 2 heterocycles. The molecule has 2 aromatic rings. The molecule has 8 heteroatoms. The van der Waals surface area contributed by atoms with E-state index >= 15 is 0 Å². The first kappa shape index (κ1) is 17.5. The molecule has 23 heavy (non-hydrogen) atoms. The average Bonchev–Trinajstić information content (AvgIpc) is 3.00.